The Balaban J connectivity index is 2.32. The average molecular weight is 241 g/mol. The molecule has 1 aliphatic rings. The highest BCUT2D eigenvalue weighted by Crippen LogP contribution is 2.20. The molecule has 4 heteroatoms. The first-order valence-electron chi connectivity index (χ1n) is 6.92. The molecule has 2 unspecified atom stereocenters. The maximum atomic E-state index is 11.3. The molecular formula is C13H27N3O. The van der Waals surface area contributed by atoms with Gasteiger partial charge in [0, 0.05) is 13.1 Å². The van der Waals surface area contributed by atoms with Crippen molar-refractivity contribution >= 4 is 5.91 Å². The van der Waals surface area contributed by atoms with E-state index in [0.717, 1.165) is 38.5 Å². The Morgan fingerprint density at radius 2 is 2.24 bits per heavy atom. The van der Waals surface area contributed by atoms with Crippen molar-refractivity contribution in [3.8, 4) is 0 Å². The maximum Gasteiger partial charge on any atom is 0.235 e. The first-order chi connectivity index (χ1) is 8.17. The number of nitrogens with two attached hydrogens (primary N) is 1. The number of nitrogens with zero attached hydrogens (tertiary/aromatic N) is 1. The number of primary amides is 1. The van der Waals surface area contributed by atoms with Gasteiger partial charge in [0.2, 0.25) is 5.91 Å². The van der Waals surface area contributed by atoms with Gasteiger partial charge < -0.3 is 16.0 Å². The average Bonchev–Trinajstić information content (AvgIpc) is 2.72. The summed E-state index contributed by atoms with van der Waals surface area (Å²) in [5.41, 5.74) is 5.42. The van der Waals surface area contributed by atoms with Crippen LogP contribution in [0.2, 0.25) is 0 Å². The summed E-state index contributed by atoms with van der Waals surface area (Å²) in [5, 5.41) is 3.23. The SMILES string of the molecule is CCCNC(CN1CCC(CCC)C1)C(N)=O. The molecule has 1 aliphatic heterocycles. The van der Waals surface area contributed by atoms with Crippen LogP contribution in [0.4, 0.5) is 0 Å². The lowest BCUT2D eigenvalue weighted by Gasteiger charge is -2.22. The molecule has 1 saturated heterocycles. The third kappa shape index (κ3) is 5.04. The third-order valence-corrected chi connectivity index (χ3v) is 3.49. The fourth-order valence-electron chi connectivity index (χ4n) is 2.55. The molecule has 0 spiro atoms. The van der Waals surface area contributed by atoms with E-state index in [0.29, 0.717) is 0 Å². The number of nitrogens with one attached hydrogen (secondary N) is 1. The van der Waals surface area contributed by atoms with Crippen LogP contribution in [0.3, 0.4) is 0 Å². The van der Waals surface area contributed by atoms with Gasteiger partial charge in [-0.25, -0.2) is 0 Å². The van der Waals surface area contributed by atoms with E-state index >= 15 is 0 Å². The smallest absolute Gasteiger partial charge is 0.235 e. The largest absolute Gasteiger partial charge is 0.368 e. The molecule has 4 nitrogen and oxygen atoms in total. The highest BCUT2D eigenvalue weighted by molar-refractivity contribution is 5.80. The van der Waals surface area contributed by atoms with Crippen LogP contribution in [0, 0.1) is 5.92 Å². The Bertz CT molecular complexity index is 233. The van der Waals surface area contributed by atoms with E-state index in [-0.39, 0.29) is 11.9 Å². The van der Waals surface area contributed by atoms with Crippen molar-refractivity contribution in [2.24, 2.45) is 11.7 Å². The lowest BCUT2D eigenvalue weighted by Crippen LogP contribution is -2.48. The van der Waals surface area contributed by atoms with Crippen molar-refractivity contribution in [1.29, 1.82) is 0 Å². The van der Waals surface area contributed by atoms with E-state index in [9.17, 15) is 4.79 Å². The summed E-state index contributed by atoms with van der Waals surface area (Å²) in [4.78, 5) is 13.7. The van der Waals surface area contributed by atoms with Crippen molar-refractivity contribution in [2.45, 2.75) is 45.6 Å². The van der Waals surface area contributed by atoms with E-state index in [1.807, 2.05) is 0 Å². The third-order valence-electron chi connectivity index (χ3n) is 3.49. The second kappa shape index (κ2) is 7.67. The highest BCUT2D eigenvalue weighted by atomic mass is 16.1. The van der Waals surface area contributed by atoms with Gasteiger partial charge in [0.1, 0.15) is 0 Å². The predicted octanol–water partition coefficient (Wildman–Crippen LogP) is 0.962. The molecule has 100 valence electrons. The van der Waals surface area contributed by atoms with Crippen LogP contribution < -0.4 is 11.1 Å². The van der Waals surface area contributed by atoms with Crippen molar-refractivity contribution in [3.05, 3.63) is 0 Å². The molecule has 1 amide bonds. The van der Waals surface area contributed by atoms with Gasteiger partial charge in [-0.3, -0.25) is 4.79 Å². The number of likely N-dealkylation sites (tertiary alicyclic amines) is 1. The van der Waals surface area contributed by atoms with Crippen LogP contribution in [0.15, 0.2) is 0 Å². The van der Waals surface area contributed by atoms with E-state index in [4.69, 9.17) is 5.73 Å². The van der Waals surface area contributed by atoms with Crippen molar-refractivity contribution in [3.63, 3.8) is 0 Å². The number of hydrogen-bond donors (Lipinski definition) is 2. The van der Waals surface area contributed by atoms with Crippen LogP contribution in [-0.2, 0) is 4.79 Å². The summed E-state index contributed by atoms with van der Waals surface area (Å²) in [6.07, 6.45) is 4.86. The Morgan fingerprint density at radius 1 is 1.47 bits per heavy atom. The van der Waals surface area contributed by atoms with Crippen molar-refractivity contribution < 1.29 is 4.79 Å². The summed E-state index contributed by atoms with van der Waals surface area (Å²) in [6, 6.07) is -0.185. The van der Waals surface area contributed by atoms with Gasteiger partial charge in [0.05, 0.1) is 6.04 Å². The number of hydrogen-bond acceptors (Lipinski definition) is 3. The minimum Gasteiger partial charge on any atom is -0.368 e. The lowest BCUT2D eigenvalue weighted by molar-refractivity contribution is -0.120. The zero-order valence-electron chi connectivity index (χ0n) is 11.2. The topological polar surface area (TPSA) is 58.4 Å². The highest BCUT2D eigenvalue weighted by Gasteiger charge is 2.25. The standard InChI is InChI=1S/C13H27N3O/c1-3-5-11-6-8-16(9-11)10-12(13(14)17)15-7-4-2/h11-12,15H,3-10H2,1-2H3,(H2,14,17). The molecule has 1 heterocycles. The Labute approximate surface area is 105 Å². The van der Waals surface area contributed by atoms with Gasteiger partial charge in [-0.1, -0.05) is 20.3 Å². The second-order valence-electron chi connectivity index (χ2n) is 5.11. The molecule has 3 N–H and O–H groups in total. The molecule has 0 aliphatic carbocycles. The number of carbonyl (C=O) groups is 1. The fraction of sp³-hybridized carbons (Fsp3) is 0.923. The van der Waals surface area contributed by atoms with Crippen molar-refractivity contribution in [2.75, 3.05) is 26.2 Å². The van der Waals surface area contributed by atoms with Gasteiger partial charge in [0.15, 0.2) is 0 Å². The summed E-state index contributed by atoms with van der Waals surface area (Å²) >= 11 is 0. The second-order valence-corrected chi connectivity index (χ2v) is 5.11. The molecule has 0 aromatic carbocycles. The molecule has 0 radical (unpaired) electrons. The quantitative estimate of drug-likeness (QED) is 0.665. The molecular weight excluding hydrogens is 214 g/mol. The molecule has 1 fully saturated rings. The number of rotatable bonds is 8. The minimum absolute atomic E-state index is 0.185. The molecule has 0 aromatic rings. The van der Waals surface area contributed by atoms with Crippen LogP contribution in [0.5, 0.6) is 0 Å². The van der Waals surface area contributed by atoms with Gasteiger partial charge in [-0.2, -0.15) is 0 Å². The molecule has 0 bridgehead atoms. The van der Waals surface area contributed by atoms with E-state index in [1.165, 1.54) is 19.3 Å². The molecule has 2 atom stereocenters. The molecule has 0 saturated carbocycles. The monoisotopic (exact) mass is 241 g/mol. The molecule has 0 aromatic heterocycles. The van der Waals surface area contributed by atoms with Gasteiger partial charge in [-0.05, 0) is 38.3 Å². The Morgan fingerprint density at radius 3 is 2.82 bits per heavy atom. The number of carbonyl (C=O) groups excluding carboxylic acids is 1. The first kappa shape index (κ1) is 14.5. The zero-order valence-corrected chi connectivity index (χ0v) is 11.2. The van der Waals surface area contributed by atoms with Crippen LogP contribution >= 0.6 is 0 Å². The van der Waals surface area contributed by atoms with Crippen LogP contribution in [-0.4, -0.2) is 43.0 Å². The van der Waals surface area contributed by atoms with Gasteiger partial charge >= 0.3 is 0 Å². The maximum absolute atomic E-state index is 11.3. The summed E-state index contributed by atoms with van der Waals surface area (Å²) in [6.45, 7) is 8.21. The molecule has 17 heavy (non-hydrogen) atoms. The number of amides is 1. The fourth-order valence-corrected chi connectivity index (χ4v) is 2.55. The lowest BCUT2D eigenvalue weighted by atomic mass is 10.0. The normalized spacial score (nSPS) is 22.8. The van der Waals surface area contributed by atoms with E-state index < -0.39 is 0 Å². The van der Waals surface area contributed by atoms with Crippen molar-refractivity contribution in [1.82, 2.24) is 10.2 Å². The first-order valence-corrected chi connectivity index (χ1v) is 6.92. The Kier molecular flexibility index (Phi) is 6.52. The predicted molar refractivity (Wildman–Crippen MR) is 70.7 cm³/mol. The van der Waals surface area contributed by atoms with Crippen LogP contribution in [0.1, 0.15) is 39.5 Å². The van der Waals surface area contributed by atoms with Crippen LogP contribution in [0.25, 0.3) is 0 Å². The van der Waals surface area contributed by atoms with Gasteiger partial charge in [0.25, 0.3) is 0 Å². The van der Waals surface area contributed by atoms with E-state index in [2.05, 4.69) is 24.1 Å². The minimum atomic E-state index is -0.225. The van der Waals surface area contributed by atoms with E-state index in [1.54, 1.807) is 0 Å². The van der Waals surface area contributed by atoms with Gasteiger partial charge in [-0.15, -0.1) is 0 Å². The molecule has 1 rings (SSSR count). The summed E-state index contributed by atoms with van der Waals surface area (Å²) in [5.74, 6) is 0.595. The summed E-state index contributed by atoms with van der Waals surface area (Å²) < 4.78 is 0. The summed E-state index contributed by atoms with van der Waals surface area (Å²) in [7, 11) is 0. The Hall–Kier alpha value is -0.610. The zero-order chi connectivity index (χ0) is 12.7.